The van der Waals surface area contributed by atoms with Crippen LogP contribution in [0.5, 0.6) is 46.0 Å². The lowest BCUT2D eigenvalue weighted by Gasteiger charge is -2.38. The van der Waals surface area contributed by atoms with Crippen molar-refractivity contribution in [3.63, 3.8) is 0 Å². The van der Waals surface area contributed by atoms with Gasteiger partial charge in [0.05, 0.1) is 22.3 Å². The van der Waals surface area contributed by atoms with E-state index in [9.17, 15) is 0 Å². The molecule has 0 radical (unpaired) electrons. The number of hydrogen-bond acceptors (Lipinski definition) is 12. The Morgan fingerprint density at radius 2 is 0.477 bits per heavy atom. The van der Waals surface area contributed by atoms with Gasteiger partial charge in [0.25, 0.3) is 0 Å². The maximum Gasteiger partial charge on any atom is 0.230 e. The van der Waals surface area contributed by atoms with Gasteiger partial charge in [0.15, 0.2) is 0 Å². The number of aromatic nitrogens is 4. The lowest BCUT2D eigenvalue weighted by Crippen LogP contribution is -2.24. The molecule has 0 fully saturated rings. The van der Waals surface area contributed by atoms with Crippen LogP contribution >= 0.6 is 63.7 Å². The molecule has 0 saturated heterocycles. The molecule has 0 N–H and O–H groups in total. The second kappa shape index (κ2) is 27.1. The van der Waals surface area contributed by atoms with E-state index in [4.69, 9.17) is 57.8 Å². The first kappa shape index (κ1) is 60.7. The minimum absolute atomic E-state index is 0.119. The van der Waals surface area contributed by atoms with E-state index in [0.29, 0.717) is 46.0 Å². The van der Waals surface area contributed by atoms with Crippen molar-refractivity contribution in [1.82, 2.24) is 19.9 Å². The van der Waals surface area contributed by atoms with Crippen LogP contribution < -0.4 is 37.9 Å². The van der Waals surface area contributed by atoms with E-state index < -0.39 is 0 Å². The highest BCUT2D eigenvalue weighted by molar-refractivity contribution is 9.11. The zero-order valence-corrected chi connectivity index (χ0v) is 56.6. The van der Waals surface area contributed by atoms with Gasteiger partial charge in [-0.05, 0) is 138 Å². The van der Waals surface area contributed by atoms with E-state index in [1.807, 2.05) is 49.6 Å². The number of ether oxygens (including phenoxy) is 8. The van der Waals surface area contributed by atoms with Crippen molar-refractivity contribution in [2.45, 2.75) is 154 Å². The van der Waals surface area contributed by atoms with Crippen LogP contribution in [0, 0.1) is 0 Å². The van der Waals surface area contributed by atoms with Gasteiger partial charge in [-0.3, -0.25) is 19.9 Å². The second-order valence-electron chi connectivity index (χ2n) is 23.7. The predicted molar refractivity (Wildman–Crippen MR) is 358 cm³/mol. The summed E-state index contributed by atoms with van der Waals surface area (Å²) in [5.41, 5.74) is 15.1. The largest absolute Gasteiger partial charge is 0.456 e. The van der Waals surface area contributed by atoms with Crippen LogP contribution in [-0.2, 0) is 0 Å². The Bertz CT molecular complexity index is 3300. The number of benzene rings is 4. The van der Waals surface area contributed by atoms with Crippen molar-refractivity contribution >= 4 is 63.7 Å². The minimum atomic E-state index is -0.259. The highest BCUT2D eigenvalue weighted by Gasteiger charge is 2.43. The van der Waals surface area contributed by atoms with Crippen LogP contribution in [0.15, 0.2) is 116 Å². The van der Waals surface area contributed by atoms with Gasteiger partial charge in [0, 0.05) is 158 Å². The zero-order valence-electron chi connectivity index (χ0n) is 50.3. The van der Waals surface area contributed by atoms with Crippen LogP contribution in [0.4, 0.5) is 0 Å². The van der Waals surface area contributed by atoms with Crippen molar-refractivity contribution < 1.29 is 37.9 Å². The summed E-state index contributed by atoms with van der Waals surface area (Å²) in [5, 5.41) is 0. The Morgan fingerprint density at radius 1 is 0.284 bits per heavy atom. The standard InChI is InChI=1S/C72H72Br4N4O8/c1-5-9-13-17-49-53-25-55-50(18-14-10-6-2)57-27-59-52(20-16-12-8-4)60-28-58-51(19-15-11-7-3)56-26-54(49)66-62(42-22-46(74)34-78-30-42)68(56)84-39-86-70(58)64(44-24-48(76)36-80-32-44)72(60)88-40-87-71(59)63(43-23-47(75)35-79-31-43)69(57)85-38-83-67(55)61(65(53)81-37-82-66)41-21-45(73)33-77-29-41/h21-36,49-52H,5-20,37-40H2,1-4H3. The van der Waals surface area contributed by atoms with Gasteiger partial charge in [-0.25, -0.2) is 0 Å². The minimum Gasteiger partial charge on any atom is -0.456 e. The number of hydrogen-bond donors (Lipinski definition) is 0. The van der Waals surface area contributed by atoms with Crippen molar-refractivity contribution in [1.29, 1.82) is 0 Å². The Hall–Kier alpha value is -6.20. The molecule has 4 aromatic heterocycles. The first-order chi connectivity index (χ1) is 43.2. The van der Waals surface area contributed by atoms with E-state index in [-0.39, 0.29) is 50.8 Å². The first-order valence-electron chi connectivity index (χ1n) is 31.5. The van der Waals surface area contributed by atoms with E-state index in [0.717, 1.165) is 210 Å². The molecule has 0 saturated carbocycles. The van der Waals surface area contributed by atoms with E-state index in [2.05, 4.69) is 140 Å². The fourth-order valence-electron chi connectivity index (χ4n) is 14.2. The summed E-state index contributed by atoms with van der Waals surface area (Å²) in [7, 11) is 0. The van der Waals surface area contributed by atoms with Gasteiger partial charge < -0.3 is 37.9 Å². The van der Waals surface area contributed by atoms with Gasteiger partial charge in [-0.15, -0.1) is 0 Å². The molecule has 0 spiro atoms. The molecule has 0 unspecified atom stereocenters. The van der Waals surface area contributed by atoms with Gasteiger partial charge >= 0.3 is 0 Å². The Labute approximate surface area is 549 Å². The number of halogens is 4. The monoisotopic (exact) mass is 1440 g/mol. The predicted octanol–water partition coefficient (Wildman–Crippen LogP) is 21.1. The fourth-order valence-corrected chi connectivity index (χ4v) is 15.7. The van der Waals surface area contributed by atoms with Crippen LogP contribution in [0.25, 0.3) is 44.5 Å². The Balaban J connectivity index is 1.27. The molecule has 4 aromatic carbocycles. The summed E-state index contributed by atoms with van der Waals surface area (Å²) in [6.45, 7) is 8.61. The number of unbranched alkanes of at least 4 members (excludes halogenated alkanes) is 8. The molecule has 1 aliphatic carbocycles. The summed E-state index contributed by atoms with van der Waals surface area (Å²) in [6.07, 6.45) is 30.2. The summed E-state index contributed by atoms with van der Waals surface area (Å²) >= 11 is 15.4. The first-order valence-corrected chi connectivity index (χ1v) is 34.6. The molecule has 8 aromatic rings. The van der Waals surface area contributed by atoms with Crippen molar-refractivity contribution in [3.8, 4) is 90.5 Å². The highest BCUT2D eigenvalue weighted by Crippen LogP contribution is 2.62. The lowest BCUT2D eigenvalue weighted by molar-refractivity contribution is 0.101. The van der Waals surface area contributed by atoms with Gasteiger partial charge in [-0.1, -0.05) is 105 Å². The maximum absolute atomic E-state index is 7.29. The maximum atomic E-state index is 7.29. The molecule has 12 nitrogen and oxygen atoms in total. The molecule has 13 rings (SSSR count). The average molecular weight is 1440 g/mol. The third-order valence-electron chi connectivity index (χ3n) is 18.1. The third kappa shape index (κ3) is 11.7. The third-order valence-corrected chi connectivity index (χ3v) is 19.9. The van der Waals surface area contributed by atoms with Crippen LogP contribution in [0.2, 0.25) is 0 Å². The normalized spacial score (nSPS) is 17.5. The lowest BCUT2D eigenvalue weighted by atomic mass is 9.73. The van der Waals surface area contributed by atoms with Crippen LogP contribution in [0.3, 0.4) is 0 Å². The molecular weight excluding hydrogens is 1370 g/mol. The Kier molecular flexibility index (Phi) is 18.7. The molecule has 16 heteroatoms. The van der Waals surface area contributed by atoms with E-state index in [1.54, 1.807) is 0 Å². The molecule has 4 aliphatic heterocycles. The average Bonchev–Trinajstić information content (AvgIpc) is 0.798. The molecule has 0 amide bonds. The van der Waals surface area contributed by atoms with E-state index in [1.165, 1.54) is 0 Å². The summed E-state index contributed by atoms with van der Waals surface area (Å²) in [6, 6.07) is 18.2. The summed E-state index contributed by atoms with van der Waals surface area (Å²) in [5.74, 6) is 4.52. The molecule has 8 heterocycles. The molecule has 456 valence electrons. The van der Waals surface area contributed by atoms with E-state index >= 15 is 0 Å². The molecule has 8 bridgehead atoms. The smallest absolute Gasteiger partial charge is 0.230 e. The number of nitrogens with zero attached hydrogens (tertiary/aromatic N) is 4. The molecule has 0 atom stereocenters. The molecule has 5 aliphatic rings. The topological polar surface area (TPSA) is 125 Å². The van der Waals surface area contributed by atoms with Crippen LogP contribution in [-0.4, -0.2) is 47.1 Å². The Morgan fingerprint density at radius 3 is 0.648 bits per heavy atom. The fraction of sp³-hybridized carbons (Fsp3) is 0.389. The van der Waals surface area contributed by atoms with Gasteiger partial charge in [-0.2, -0.15) is 0 Å². The van der Waals surface area contributed by atoms with Crippen molar-refractivity contribution in [2.24, 2.45) is 0 Å². The van der Waals surface area contributed by atoms with Gasteiger partial charge in [0.1, 0.15) is 46.0 Å². The van der Waals surface area contributed by atoms with Crippen molar-refractivity contribution in [2.75, 3.05) is 27.2 Å². The summed E-state index contributed by atoms with van der Waals surface area (Å²) < 4.78 is 61.6. The summed E-state index contributed by atoms with van der Waals surface area (Å²) in [4.78, 5) is 19.3. The highest BCUT2D eigenvalue weighted by atomic mass is 79.9. The number of pyridine rings is 4. The van der Waals surface area contributed by atoms with Gasteiger partial charge in [0.2, 0.25) is 27.2 Å². The molecular formula is C72H72Br4N4O8. The second-order valence-corrected chi connectivity index (χ2v) is 27.4. The molecule has 88 heavy (non-hydrogen) atoms. The zero-order chi connectivity index (χ0) is 60.4. The van der Waals surface area contributed by atoms with Crippen LogP contribution in [0.1, 0.15) is 199 Å². The van der Waals surface area contributed by atoms with Crippen molar-refractivity contribution in [3.05, 3.63) is 161 Å². The SMILES string of the molecule is CCCCCC1c2cc3c4c(-c5cncc(Br)c5)c2OCOc2c1cc1c(c2-c2cncc(Br)c2)OCOc2c(cc5c(c2-c2cncc(Br)c2)OCOc2c(cc(c(c2-c2cncc(Br)c2)OCO4)C3CCCCC)C5CCCCC)C1CCCCC. The quantitative estimate of drug-likeness (QED) is 0.0675. The number of rotatable bonds is 20.